The van der Waals surface area contributed by atoms with Crippen molar-refractivity contribution in [3.05, 3.63) is 78.4 Å². The second-order valence-electron chi connectivity index (χ2n) is 9.97. The van der Waals surface area contributed by atoms with Crippen molar-refractivity contribution in [3.63, 3.8) is 0 Å². The minimum absolute atomic E-state index is 0.294. The number of hydrogen-bond acceptors (Lipinski definition) is 8. The van der Waals surface area contributed by atoms with Gasteiger partial charge in [-0.3, -0.25) is 19.2 Å². The molecule has 3 aliphatic heterocycles. The van der Waals surface area contributed by atoms with Crippen LogP contribution in [-0.2, 0) is 19.2 Å². The first-order chi connectivity index (χ1) is 19.8. The molecule has 0 spiro atoms. The fourth-order valence-corrected chi connectivity index (χ4v) is 6.02. The van der Waals surface area contributed by atoms with E-state index in [0.717, 1.165) is 16.2 Å². The number of para-hydroxylation sites is 1. The largest absolute Gasteiger partial charge is 0.497 e. The van der Waals surface area contributed by atoms with Gasteiger partial charge in [0.1, 0.15) is 23.3 Å². The summed E-state index contributed by atoms with van der Waals surface area (Å²) >= 11 is 0. The molecule has 4 atom stereocenters. The van der Waals surface area contributed by atoms with Crippen molar-refractivity contribution in [3.8, 4) is 17.2 Å². The normalized spacial score (nSPS) is 22.1. The summed E-state index contributed by atoms with van der Waals surface area (Å²) in [6.45, 7) is 1.29. The van der Waals surface area contributed by atoms with Gasteiger partial charge in [-0.05, 0) is 48.0 Å². The van der Waals surface area contributed by atoms with Crippen LogP contribution < -0.4 is 29.3 Å². The van der Waals surface area contributed by atoms with Gasteiger partial charge in [0.2, 0.25) is 17.7 Å². The van der Waals surface area contributed by atoms with E-state index in [-0.39, 0.29) is 0 Å². The van der Waals surface area contributed by atoms with E-state index in [1.54, 1.807) is 30.3 Å². The molecule has 2 saturated heterocycles. The Morgan fingerprint density at radius 3 is 2.27 bits per heavy atom. The van der Waals surface area contributed by atoms with Crippen molar-refractivity contribution in [2.24, 2.45) is 11.8 Å². The molecule has 1 N–H and O–H groups in total. The van der Waals surface area contributed by atoms with Gasteiger partial charge in [0.05, 0.1) is 43.5 Å². The highest BCUT2D eigenvalue weighted by Crippen LogP contribution is 2.49. The van der Waals surface area contributed by atoms with Crippen molar-refractivity contribution in [1.82, 2.24) is 0 Å². The zero-order chi connectivity index (χ0) is 28.8. The third-order valence-electron chi connectivity index (χ3n) is 7.70. The molecule has 0 unspecified atom stereocenters. The molecule has 3 aliphatic rings. The van der Waals surface area contributed by atoms with Crippen LogP contribution in [-0.4, -0.2) is 50.0 Å². The monoisotopic (exact) mass is 553 g/mol. The van der Waals surface area contributed by atoms with Gasteiger partial charge >= 0.3 is 5.97 Å². The molecule has 0 bridgehead atoms. The molecule has 3 aromatic carbocycles. The van der Waals surface area contributed by atoms with Crippen LogP contribution in [0.15, 0.2) is 72.8 Å². The molecule has 6 rings (SSSR count). The van der Waals surface area contributed by atoms with Gasteiger partial charge in [0, 0.05) is 18.7 Å². The number of imide groups is 1. The predicted molar refractivity (Wildman–Crippen MR) is 151 cm³/mol. The minimum Gasteiger partial charge on any atom is -0.497 e. The average molecular weight is 554 g/mol. The number of hydrogen-bond donors (Lipinski definition) is 1. The first kappa shape index (κ1) is 26.1. The third kappa shape index (κ3) is 4.28. The van der Waals surface area contributed by atoms with Gasteiger partial charge in [-0.2, -0.15) is 0 Å². The quantitative estimate of drug-likeness (QED) is 0.280. The standard InChI is InChI=1S/C31H27N3O7/c1-17(35)41-20-11-9-19(10-12-20)33-30(37)26-24-14-8-18-6-4-5-7-23(18)34(24)28(27(26)31(33)38)29(36)32-22-16-21(39-2)13-15-25(22)40-3/h4-16,24,26-28H,1-3H3,(H,32,36)/t24-,26-,27+,28-/m1/s1. The highest BCUT2D eigenvalue weighted by molar-refractivity contribution is 6.25. The molecule has 3 heterocycles. The Morgan fingerprint density at radius 2 is 1.56 bits per heavy atom. The van der Waals surface area contributed by atoms with Gasteiger partial charge in [-0.1, -0.05) is 30.4 Å². The first-order valence-corrected chi connectivity index (χ1v) is 13.1. The van der Waals surface area contributed by atoms with Gasteiger partial charge in [-0.25, -0.2) is 4.90 Å². The lowest BCUT2D eigenvalue weighted by Crippen LogP contribution is -2.50. The molecular formula is C31H27N3O7. The Labute approximate surface area is 236 Å². The molecule has 10 nitrogen and oxygen atoms in total. The molecule has 208 valence electrons. The van der Waals surface area contributed by atoms with Crippen molar-refractivity contribution < 1.29 is 33.4 Å². The second-order valence-corrected chi connectivity index (χ2v) is 9.97. The van der Waals surface area contributed by atoms with E-state index in [4.69, 9.17) is 14.2 Å². The Morgan fingerprint density at radius 1 is 0.854 bits per heavy atom. The van der Waals surface area contributed by atoms with Crippen LogP contribution >= 0.6 is 0 Å². The number of nitrogens with zero attached hydrogens (tertiary/aromatic N) is 2. The molecule has 0 aliphatic carbocycles. The molecule has 10 heteroatoms. The lowest BCUT2D eigenvalue weighted by molar-refractivity contribution is -0.132. The van der Waals surface area contributed by atoms with Crippen LogP contribution in [0.5, 0.6) is 17.2 Å². The third-order valence-corrected chi connectivity index (χ3v) is 7.70. The van der Waals surface area contributed by atoms with Gasteiger partial charge in [-0.15, -0.1) is 0 Å². The molecule has 41 heavy (non-hydrogen) atoms. The fourth-order valence-electron chi connectivity index (χ4n) is 6.02. The van der Waals surface area contributed by atoms with Crippen molar-refractivity contribution >= 4 is 46.8 Å². The molecule has 3 aromatic rings. The lowest BCUT2D eigenvalue weighted by atomic mass is 9.88. The Kier molecular flexibility index (Phi) is 6.45. The highest BCUT2D eigenvalue weighted by Gasteiger charge is 2.64. The van der Waals surface area contributed by atoms with Crippen molar-refractivity contribution in [2.75, 3.05) is 29.3 Å². The first-order valence-electron chi connectivity index (χ1n) is 13.1. The topological polar surface area (TPSA) is 114 Å². The van der Waals surface area contributed by atoms with Crippen LogP contribution in [0.3, 0.4) is 0 Å². The van der Waals surface area contributed by atoms with E-state index in [9.17, 15) is 19.2 Å². The SMILES string of the molecule is COc1ccc(OC)c(NC(=O)[C@H]2[C@H]3C(=O)N(c4ccc(OC(C)=O)cc4)C(=O)[C@@H]3[C@H]3C=Cc4ccccc4N32)c1. The number of carbonyl (C=O) groups excluding carboxylic acids is 4. The van der Waals surface area contributed by atoms with Gasteiger partial charge in [0.15, 0.2) is 0 Å². The van der Waals surface area contributed by atoms with Crippen LogP contribution in [0, 0.1) is 11.8 Å². The van der Waals surface area contributed by atoms with Crippen LogP contribution in [0.4, 0.5) is 17.1 Å². The van der Waals surface area contributed by atoms with E-state index < -0.39 is 47.6 Å². The summed E-state index contributed by atoms with van der Waals surface area (Å²) in [5, 5.41) is 2.93. The minimum atomic E-state index is -0.992. The van der Waals surface area contributed by atoms with Crippen LogP contribution in [0.25, 0.3) is 6.08 Å². The Balaban J connectivity index is 1.40. The van der Waals surface area contributed by atoms with Gasteiger partial charge in [0.25, 0.3) is 0 Å². The molecule has 0 saturated carbocycles. The summed E-state index contributed by atoms with van der Waals surface area (Å²) in [5.41, 5.74) is 2.38. The number of amides is 3. The van der Waals surface area contributed by atoms with Crippen molar-refractivity contribution in [1.29, 1.82) is 0 Å². The number of benzene rings is 3. The summed E-state index contributed by atoms with van der Waals surface area (Å²) in [7, 11) is 3.02. The van der Waals surface area contributed by atoms with E-state index in [1.165, 1.54) is 33.3 Å². The lowest BCUT2D eigenvalue weighted by Gasteiger charge is -2.36. The summed E-state index contributed by atoms with van der Waals surface area (Å²) in [6.07, 6.45) is 3.81. The van der Waals surface area contributed by atoms with E-state index in [0.29, 0.717) is 28.6 Å². The molecular weight excluding hydrogens is 526 g/mol. The number of esters is 1. The summed E-state index contributed by atoms with van der Waals surface area (Å²) in [4.78, 5) is 56.4. The van der Waals surface area contributed by atoms with E-state index >= 15 is 0 Å². The Hall–Kier alpha value is -5.12. The van der Waals surface area contributed by atoms with Crippen molar-refractivity contribution in [2.45, 2.75) is 19.0 Å². The molecule has 2 fully saturated rings. The summed E-state index contributed by atoms with van der Waals surface area (Å²) in [5.74, 6) is -2.30. The van der Waals surface area contributed by atoms with Gasteiger partial charge < -0.3 is 24.4 Å². The molecule has 0 aromatic heterocycles. The highest BCUT2D eigenvalue weighted by atomic mass is 16.5. The summed E-state index contributed by atoms with van der Waals surface area (Å²) < 4.78 is 15.9. The predicted octanol–water partition coefficient (Wildman–Crippen LogP) is 3.66. The maximum Gasteiger partial charge on any atom is 0.308 e. The second kappa shape index (κ2) is 10.1. The van der Waals surface area contributed by atoms with Crippen LogP contribution in [0.2, 0.25) is 0 Å². The number of nitrogens with one attached hydrogen (secondary N) is 1. The average Bonchev–Trinajstić information content (AvgIpc) is 3.45. The van der Waals surface area contributed by atoms with E-state index in [1.807, 2.05) is 41.3 Å². The number of fused-ring (bicyclic) bond motifs is 5. The molecule has 0 radical (unpaired) electrons. The number of rotatable bonds is 6. The number of carbonyl (C=O) groups is 4. The number of ether oxygens (including phenoxy) is 3. The van der Waals surface area contributed by atoms with E-state index in [2.05, 4.69) is 5.32 Å². The maximum atomic E-state index is 14.1. The number of anilines is 3. The fraction of sp³-hybridized carbons (Fsp3) is 0.226. The summed E-state index contributed by atoms with van der Waals surface area (Å²) in [6, 6.07) is 17.3. The zero-order valence-corrected chi connectivity index (χ0v) is 22.6. The zero-order valence-electron chi connectivity index (χ0n) is 22.6. The smallest absolute Gasteiger partial charge is 0.308 e. The molecule has 3 amide bonds. The van der Waals surface area contributed by atoms with Crippen LogP contribution in [0.1, 0.15) is 12.5 Å². The number of methoxy groups -OCH3 is 2. The maximum absolute atomic E-state index is 14.1. The Bertz CT molecular complexity index is 1600.